The van der Waals surface area contributed by atoms with E-state index < -0.39 is 0 Å². The quantitative estimate of drug-likeness (QED) is 0.716. The summed E-state index contributed by atoms with van der Waals surface area (Å²) in [5.74, 6) is 0.137. The second kappa shape index (κ2) is 4.49. The maximum atomic E-state index is 11.8. The van der Waals surface area contributed by atoms with Crippen molar-refractivity contribution < 1.29 is 4.79 Å². The fraction of sp³-hybridized carbons (Fsp3) is 0.909. The Morgan fingerprint density at radius 2 is 2.13 bits per heavy atom. The molecule has 0 aromatic heterocycles. The molecular weight excluding hydrogens is 190 g/mol. The minimum Gasteiger partial charge on any atom is -0.334 e. The molecule has 15 heavy (non-hydrogen) atoms. The van der Waals surface area contributed by atoms with Gasteiger partial charge in [-0.25, -0.2) is 0 Å². The van der Waals surface area contributed by atoms with Crippen LogP contribution in [0.4, 0.5) is 0 Å². The minimum absolute atomic E-state index is 0.137. The van der Waals surface area contributed by atoms with Gasteiger partial charge in [0.25, 0.3) is 0 Å². The number of amides is 1. The molecule has 86 valence electrons. The van der Waals surface area contributed by atoms with Gasteiger partial charge >= 0.3 is 0 Å². The third-order valence-corrected chi connectivity index (χ3v) is 3.40. The molecule has 4 nitrogen and oxygen atoms in total. The van der Waals surface area contributed by atoms with E-state index >= 15 is 0 Å². The fourth-order valence-corrected chi connectivity index (χ4v) is 2.53. The van der Waals surface area contributed by atoms with Crippen LogP contribution in [0.1, 0.15) is 25.7 Å². The lowest BCUT2D eigenvalue weighted by molar-refractivity contribution is -0.133. The normalized spacial score (nSPS) is 27.7. The highest BCUT2D eigenvalue weighted by atomic mass is 16.2. The van der Waals surface area contributed by atoms with E-state index in [0.717, 1.165) is 19.5 Å². The molecule has 0 spiro atoms. The molecule has 2 fully saturated rings. The van der Waals surface area contributed by atoms with Gasteiger partial charge in [0.05, 0.1) is 6.54 Å². The number of likely N-dealkylation sites (tertiary alicyclic amines) is 1. The molecule has 1 unspecified atom stereocenters. The second-order valence-corrected chi connectivity index (χ2v) is 4.79. The number of hydrogen-bond donors (Lipinski definition) is 1. The molecule has 1 heterocycles. The van der Waals surface area contributed by atoms with Crippen molar-refractivity contribution in [3.63, 3.8) is 0 Å². The van der Waals surface area contributed by atoms with Crippen molar-refractivity contribution in [2.75, 3.05) is 26.7 Å². The summed E-state index contributed by atoms with van der Waals surface area (Å²) < 4.78 is 0. The molecule has 4 heteroatoms. The maximum Gasteiger partial charge on any atom is 0.236 e. The number of nitrogens with zero attached hydrogens (tertiary/aromatic N) is 2. The first kappa shape index (κ1) is 10.9. The Hall–Kier alpha value is -0.610. The number of carbonyl (C=O) groups is 1. The molecule has 2 rings (SSSR count). The van der Waals surface area contributed by atoms with Crippen LogP contribution in [-0.4, -0.2) is 54.5 Å². The van der Waals surface area contributed by atoms with Crippen LogP contribution in [0.5, 0.6) is 0 Å². The monoisotopic (exact) mass is 211 g/mol. The zero-order valence-corrected chi connectivity index (χ0v) is 9.48. The van der Waals surface area contributed by atoms with E-state index in [0.29, 0.717) is 12.1 Å². The Morgan fingerprint density at radius 1 is 1.40 bits per heavy atom. The first-order valence-electron chi connectivity index (χ1n) is 5.92. The van der Waals surface area contributed by atoms with Crippen LogP contribution in [-0.2, 0) is 4.79 Å². The van der Waals surface area contributed by atoms with Crippen molar-refractivity contribution in [2.24, 2.45) is 5.73 Å². The van der Waals surface area contributed by atoms with Crippen molar-refractivity contribution in [1.29, 1.82) is 0 Å². The molecular formula is C11H21N3O. The Kier molecular flexibility index (Phi) is 3.26. The van der Waals surface area contributed by atoms with Crippen LogP contribution in [0.15, 0.2) is 0 Å². The molecule has 1 amide bonds. The summed E-state index contributed by atoms with van der Waals surface area (Å²) in [7, 11) is 2.13. The van der Waals surface area contributed by atoms with Gasteiger partial charge in [-0.3, -0.25) is 4.79 Å². The summed E-state index contributed by atoms with van der Waals surface area (Å²) in [5.41, 5.74) is 5.48. The molecule has 1 saturated heterocycles. The van der Waals surface area contributed by atoms with E-state index in [1.807, 2.05) is 0 Å². The molecule has 1 saturated carbocycles. The van der Waals surface area contributed by atoms with E-state index in [-0.39, 0.29) is 12.5 Å². The predicted molar refractivity (Wildman–Crippen MR) is 59.4 cm³/mol. The van der Waals surface area contributed by atoms with Gasteiger partial charge in [-0.1, -0.05) is 0 Å². The topological polar surface area (TPSA) is 49.6 Å². The third-order valence-electron chi connectivity index (χ3n) is 3.40. The van der Waals surface area contributed by atoms with Crippen molar-refractivity contribution in [3.05, 3.63) is 0 Å². The summed E-state index contributed by atoms with van der Waals surface area (Å²) >= 11 is 0. The number of nitrogens with two attached hydrogens (primary N) is 1. The zero-order valence-electron chi connectivity index (χ0n) is 9.48. The highest BCUT2D eigenvalue weighted by molar-refractivity contribution is 5.79. The highest BCUT2D eigenvalue weighted by Crippen LogP contribution is 2.31. The van der Waals surface area contributed by atoms with Gasteiger partial charge in [-0.05, 0) is 39.3 Å². The van der Waals surface area contributed by atoms with Crippen molar-refractivity contribution in [2.45, 2.75) is 37.8 Å². The first-order valence-corrected chi connectivity index (χ1v) is 5.92. The predicted octanol–water partition coefficient (Wildman–Crippen LogP) is 0.0303. The Morgan fingerprint density at radius 3 is 2.67 bits per heavy atom. The van der Waals surface area contributed by atoms with Crippen LogP contribution in [0.2, 0.25) is 0 Å². The molecule has 1 aliphatic heterocycles. The molecule has 0 bridgehead atoms. The number of rotatable bonds is 3. The SMILES string of the molecule is CN1CCCC(N(C(=O)CN)C2CC2)C1. The van der Waals surface area contributed by atoms with Crippen molar-refractivity contribution in [1.82, 2.24) is 9.80 Å². The second-order valence-electron chi connectivity index (χ2n) is 4.79. The van der Waals surface area contributed by atoms with Crippen LogP contribution < -0.4 is 5.73 Å². The zero-order chi connectivity index (χ0) is 10.8. The van der Waals surface area contributed by atoms with Crippen LogP contribution >= 0.6 is 0 Å². The third kappa shape index (κ3) is 2.49. The smallest absolute Gasteiger partial charge is 0.236 e. The van der Waals surface area contributed by atoms with Crippen LogP contribution in [0.25, 0.3) is 0 Å². The number of hydrogen-bond acceptors (Lipinski definition) is 3. The lowest BCUT2D eigenvalue weighted by Crippen LogP contribution is -2.51. The molecule has 0 aromatic carbocycles. The van der Waals surface area contributed by atoms with E-state index in [9.17, 15) is 4.79 Å². The summed E-state index contributed by atoms with van der Waals surface area (Å²) in [5, 5.41) is 0. The standard InChI is InChI=1S/C11H21N3O/c1-13-6-2-3-10(8-13)14(9-4-5-9)11(15)7-12/h9-10H,2-8,12H2,1H3. The molecule has 0 aromatic rings. The summed E-state index contributed by atoms with van der Waals surface area (Å²) in [4.78, 5) is 16.2. The summed E-state index contributed by atoms with van der Waals surface area (Å²) in [6, 6.07) is 0.907. The van der Waals surface area contributed by atoms with E-state index in [2.05, 4.69) is 16.8 Å². The van der Waals surface area contributed by atoms with E-state index in [4.69, 9.17) is 5.73 Å². The maximum absolute atomic E-state index is 11.8. The van der Waals surface area contributed by atoms with Gasteiger partial charge in [0.15, 0.2) is 0 Å². The average molecular weight is 211 g/mol. The fourth-order valence-electron chi connectivity index (χ4n) is 2.53. The van der Waals surface area contributed by atoms with Gasteiger partial charge in [0.2, 0.25) is 5.91 Å². The van der Waals surface area contributed by atoms with Gasteiger partial charge in [-0.2, -0.15) is 0 Å². The van der Waals surface area contributed by atoms with E-state index in [1.165, 1.54) is 19.3 Å². The number of carbonyl (C=O) groups excluding carboxylic acids is 1. The van der Waals surface area contributed by atoms with Gasteiger partial charge < -0.3 is 15.5 Å². The average Bonchev–Trinajstić information content (AvgIpc) is 3.02. The van der Waals surface area contributed by atoms with Crippen LogP contribution in [0, 0.1) is 0 Å². The number of likely N-dealkylation sites (N-methyl/N-ethyl adjacent to an activating group) is 1. The lowest BCUT2D eigenvalue weighted by Gasteiger charge is -2.38. The lowest BCUT2D eigenvalue weighted by atomic mass is 10.0. The summed E-state index contributed by atoms with van der Waals surface area (Å²) in [6.07, 6.45) is 4.69. The summed E-state index contributed by atoms with van der Waals surface area (Å²) in [6.45, 7) is 2.34. The Balaban J connectivity index is 1.99. The first-order chi connectivity index (χ1) is 7.22. The Labute approximate surface area is 91.4 Å². The van der Waals surface area contributed by atoms with Crippen molar-refractivity contribution >= 4 is 5.91 Å². The molecule has 2 N–H and O–H groups in total. The van der Waals surface area contributed by atoms with Crippen LogP contribution in [0.3, 0.4) is 0 Å². The highest BCUT2D eigenvalue weighted by Gasteiger charge is 2.37. The van der Waals surface area contributed by atoms with E-state index in [1.54, 1.807) is 0 Å². The Bertz CT molecular complexity index is 240. The largest absolute Gasteiger partial charge is 0.334 e. The van der Waals surface area contributed by atoms with Crippen molar-refractivity contribution in [3.8, 4) is 0 Å². The molecule has 2 aliphatic rings. The van der Waals surface area contributed by atoms with Gasteiger partial charge in [0, 0.05) is 18.6 Å². The molecule has 1 aliphatic carbocycles. The van der Waals surface area contributed by atoms with Gasteiger partial charge in [0.1, 0.15) is 0 Å². The molecule has 1 atom stereocenters. The number of piperidine rings is 1. The molecule has 0 radical (unpaired) electrons. The van der Waals surface area contributed by atoms with Gasteiger partial charge in [-0.15, -0.1) is 0 Å². The minimum atomic E-state index is 0.137.